The minimum atomic E-state index is -3.03. The highest BCUT2D eigenvalue weighted by Crippen LogP contribution is 2.37. The largest absolute Gasteiger partial charge is 0.435 e. The summed E-state index contributed by atoms with van der Waals surface area (Å²) in [7, 11) is 1.63. The van der Waals surface area contributed by atoms with Gasteiger partial charge in [0.2, 0.25) is 17.6 Å². The number of alkyl halides is 3. The summed E-state index contributed by atoms with van der Waals surface area (Å²) in [5.41, 5.74) is 0.331. The number of nitrogens with zero attached hydrogens (tertiary/aromatic N) is 3. The molecule has 3 aromatic rings. The smallest absolute Gasteiger partial charge is 0.258 e. The standard InChI is InChI=1S/C21H20F5N5OS.C5H10FN/c1-4-21(25,26)10-33-31-18-13(22)9-15(16(23)17(18)24)32-19-12(6-5-11(2)29-19)14-7-8-28-20(27-3)30-14;6-5-2-1-3-7-4-5/h5-9,31H,4,10H2,1-3H3,(H,27,28,30);5,7H,1-4H2. The van der Waals surface area contributed by atoms with Gasteiger partial charge in [-0.05, 0) is 56.5 Å². The lowest BCUT2D eigenvalue weighted by Gasteiger charge is -2.16. The van der Waals surface area contributed by atoms with Crippen molar-refractivity contribution in [3.05, 3.63) is 53.6 Å². The van der Waals surface area contributed by atoms with Crippen LogP contribution >= 0.6 is 11.9 Å². The van der Waals surface area contributed by atoms with Gasteiger partial charge >= 0.3 is 0 Å². The Hall–Kier alpha value is -3.26. The van der Waals surface area contributed by atoms with Crippen LogP contribution in [-0.4, -0.2) is 52.9 Å². The van der Waals surface area contributed by atoms with Gasteiger partial charge in [0.25, 0.3) is 5.92 Å². The molecular formula is C26H30F6N6OS. The van der Waals surface area contributed by atoms with Gasteiger partial charge < -0.3 is 20.1 Å². The lowest BCUT2D eigenvalue weighted by molar-refractivity contribution is 0.0236. The minimum absolute atomic E-state index is 0.133. The fourth-order valence-corrected chi connectivity index (χ4v) is 4.22. The summed E-state index contributed by atoms with van der Waals surface area (Å²) in [6, 6.07) is 5.46. The van der Waals surface area contributed by atoms with E-state index in [1.54, 1.807) is 32.2 Å². The Labute approximate surface area is 232 Å². The molecule has 4 rings (SSSR count). The first kappa shape index (κ1) is 31.3. The topological polar surface area (TPSA) is 84.0 Å². The van der Waals surface area contributed by atoms with Crippen LogP contribution < -0.4 is 20.1 Å². The molecule has 3 heterocycles. The van der Waals surface area contributed by atoms with Crippen molar-refractivity contribution in [1.29, 1.82) is 0 Å². The molecule has 1 aliphatic rings. The van der Waals surface area contributed by atoms with Gasteiger partial charge in [-0.15, -0.1) is 0 Å². The van der Waals surface area contributed by atoms with Gasteiger partial charge in [0, 0.05) is 38.0 Å². The predicted octanol–water partition coefficient (Wildman–Crippen LogP) is 6.91. The van der Waals surface area contributed by atoms with Crippen LogP contribution in [0.2, 0.25) is 0 Å². The van der Waals surface area contributed by atoms with Crippen LogP contribution in [0.5, 0.6) is 11.6 Å². The fraction of sp³-hybridized carbons (Fsp3) is 0.423. The average Bonchev–Trinajstić information content (AvgIpc) is 2.94. The molecule has 7 nitrogen and oxygen atoms in total. The molecule has 40 heavy (non-hydrogen) atoms. The van der Waals surface area contributed by atoms with Gasteiger partial charge in [0.1, 0.15) is 11.9 Å². The highest BCUT2D eigenvalue weighted by atomic mass is 32.2. The van der Waals surface area contributed by atoms with E-state index >= 15 is 0 Å². The fourth-order valence-electron chi connectivity index (χ4n) is 3.41. The molecule has 2 aromatic heterocycles. The first-order valence-corrected chi connectivity index (χ1v) is 13.5. The molecule has 218 valence electrons. The zero-order valence-electron chi connectivity index (χ0n) is 22.1. The third-order valence-electron chi connectivity index (χ3n) is 5.70. The zero-order chi connectivity index (χ0) is 29.3. The molecule has 1 unspecified atom stereocenters. The molecule has 1 aliphatic heterocycles. The number of aromatic nitrogens is 3. The Morgan fingerprint density at radius 2 is 1.93 bits per heavy atom. The lowest BCUT2D eigenvalue weighted by Crippen LogP contribution is -2.30. The molecule has 1 atom stereocenters. The second-order valence-corrected chi connectivity index (χ2v) is 9.61. The Morgan fingerprint density at radius 1 is 1.15 bits per heavy atom. The number of hydrogen-bond donors (Lipinski definition) is 3. The number of benzene rings is 1. The zero-order valence-corrected chi connectivity index (χ0v) is 22.9. The molecule has 1 aromatic carbocycles. The van der Waals surface area contributed by atoms with E-state index in [0.717, 1.165) is 19.4 Å². The highest BCUT2D eigenvalue weighted by Gasteiger charge is 2.27. The van der Waals surface area contributed by atoms with Gasteiger partial charge in [-0.25, -0.2) is 36.9 Å². The second-order valence-electron chi connectivity index (χ2n) is 8.83. The number of aryl methyl sites for hydroxylation is 1. The molecule has 1 saturated heterocycles. The van der Waals surface area contributed by atoms with Crippen LogP contribution in [0.4, 0.5) is 38.0 Å². The van der Waals surface area contributed by atoms with Gasteiger partial charge in [-0.2, -0.15) is 4.39 Å². The Morgan fingerprint density at radius 3 is 2.55 bits per heavy atom. The van der Waals surface area contributed by atoms with E-state index in [0.29, 0.717) is 47.5 Å². The average molecular weight is 589 g/mol. The SMILES string of the molecule is CCC(F)(F)CSNc1c(F)cc(Oc2nc(C)ccc2-c2ccnc(NC)n2)c(F)c1F.FC1CCCNC1. The van der Waals surface area contributed by atoms with Crippen molar-refractivity contribution < 1.29 is 31.1 Å². The van der Waals surface area contributed by atoms with Crippen molar-refractivity contribution >= 4 is 23.6 Å². The number of hydrogen-bond acceptors (Lipinski definition) is 8. The van der Waals surface area contributed by atoms with Gasteiger partial charge in [0.15, 0.2) is 17.4 Å². The molecule has 0 bridgehead atoms. The Kier molecular flexibility index (Phi) is 11.3. The van der Waals surface area contributed by atoms with Crippen LogP contribution in [0.25, 0.3) is 11.3 Å². The molecular weight excluding hydrogens is 558 g/mol. The van der Waals surface area contributed by atoms with Gasteiger partial charge in [-0.3, -0.25) is 0 Å². The monoisotopic (exact) mass is 588 g/mol. The maximum atomic E-state index is 14.7. The summed E-state index contributed by atoms with van der Waals surface area (Å²) in [4.78, 5) is 12.5. The number of anilines is 2. The minimum Gasteiger partial charge on any atom is -0.435 e. The Bertz CT molecular complexity index is 1280. The quantitative estimate of drug-likeness (QED) is 0.141. The normalized spacial score (nSPS) is 15.2. The van der Waals surface area contributed by atoms with Crippen molar-refractivity contribution in [2.24, 2.45) is 0 Å². The van der Waals surface area contributed by atoms with Crippen LogP contribution in [0.15, 0.2) is 30.5 Å². The third-order valence-corrected chi connectivity index (χ3v) is 6.61. The van der Waals surface area contributed by atoms with Gasteiger partial charge in [-0.1, -0.05) is 6.92 Å². The van der Waals surface area contributed by atoms with Crippen LogP contribution in [0.1, 0.15) is 31.9 Å². The van der Waals surface area contributed by atoms with E-state index < -0.39 is 53.2 Å². The van der Waals surface area contributed by atoms with Crippen LogP contribution in [-0.2, 0) is 0 Å². The number of nitrogens with one attached hydrogen (secondary N) is 3. The maximum Gasteiger partial charge on any atom is 0.258 e. The number of rotatable bonds is 9. The molecule has 0 saturated carbocycles. The van der Waals surface area contributed by atoms with Crippen molar-refractivity contribution in [3.63, 3.8) is 0 Å². The summed E-state index contributed by atoms with van der Waals surface area (Å²) in [5.74, 6) is -8.69. The van der Waals surface area contributed by atoms with E-state index in [-0.39, 0.29) is 5.88 Å². The Balaban J connectivity index is 0.000000547. The summed E-state index contributed by atoms with van der Waals surface area (Å²) in [6.07, 6.45) is 2.22. The molecule has 0 aliphatic carbocycles. The van der Waals surface area contributed by atoms with Crippen LogP contribution in [0.3, 0.4) is 0 Å². The summed E-state index contributed by atoms with van der Waals surface area (Å²) in [5, 5.41) is 5.74. The molecule has 0 spiro atoms. The number of halogens is 6. The summed E-state index contributed by atoms with van der Waals surface area (Å²) < 4.78 is 90.1. The number of ether oxygens (including phenoxy) is 1. The maximum absolute atomic E-state index is 14.7. The number of pyridine rings is 1. The highest BCUT2D eigenvalue weighted by molar-refractivity contribution is 8.00. The first-order valence-electron chi connectivity index (χ1n) is 12.5. The van der Waals surface area contributed by atoms with Crippen molar-refractivity contribution in [1.82, 2.24) is 20.3 Å². The molecule has 0 radical (unpaired) electrons. The molecule has 1 fully saturated rings. The van der Waals surface area contributed by atoms with Crippen molar-refractivity contribution in [2.75, 3.05) is 35.9 Å². The van der Waals surface area contributed by atoms with E-state index in [1.807, 2.05) is 0 Å². The van der Waals surface area contributed by atoms with E-state index in [1.165, 1.54) is 13.1 Å². The second kappa shape index (κ2) is 14.4. The van der Waals surface area contributed by atoms with Crippen molar-refractivity contribution in [2.45, 2.75) is 45.2 Å². The molecule has 3 N–H and O–H groups in total. The predicted molar refractivity (Wildman–Crippen MR) is 144 cm³/mol. The third kappa shape index (κ3) is 8.62. The first-order chi connectivity index (χ1) is 19.0. The molecule has 0 amide bonds. The summed E-state index contributed by atoms with van der Waals surface area (Å²) >= 11 is 0.370. The number of piperidine rings is 1. The lowest BCUT2D eigenvalue weighted by atomic mass is 10.1. The van der Waals surface area contributed by atoms with Crippen molar-refractivity contribution in [3.8, 4) is 22.9 Å². The summed E-state index contributed by atoms with van der Waals surface area (Å²) in [6.45, 7) is 4.51. The van der Waals surface area contributed by atoms with E-state index in [9.17, 15) is 26.3 Å². The van der Waals surface area contributed by atoms with E-state index in [2.05, 4.69) is 30.3 Å². The van der Waals surface area contributed by atoms with E-state index in [4.69, 9.17) is 4.74 Å². The van der Waals surface area contributed by atoms with Gasteiger partial charge in [0.05, 0.1) is 17.0 Å². The molecule has 14 heteroatoms. The van der Waals surface area contributed by atoms with Crippen LogP contribution in [0, 0.1) is 24.4 Å².